The number of benzene rings is 2. The van der Waals surface area contributed by atoms with Gasteiger partial charge in [0.1, 0.15) is 17.2 Å². The summed E-state index contributed by atoms with van der Waals surface area (Å²) in [6.07, 6.45) is 1.47. The van der Waals surface area contributed by atoms with Crippen LogP contribution in [0.2, 0.25) is 0 Å². The van der Waals surface area contributed by atoms with Gasteiger partial charge in [0, 0.05) is 5.56 Å². The number of hydrogen-bond acceptors (Lipinski definition) is 4. The third-order valence-corrected chi connectivity index (χ3v) is 4.14. The Morgan fingerprint density at radius 2 is 1.79 bits per heavy atom. The van der Waals surface area contributed by atoms with E-state index in [4.69, 9.17) is 0 Å². The maximum Gasteiger partial charge on any atom is 0.234 e. The van der Waals surface area contributed by atoms with Crippen LogP contribution in [0, 0.1) is 5.82 Å². The molecule has 0 aliphatic rings. The van der Waals surface area contributed by atoms with Gasteiger partial charge in [0.15, 0.2) is 0 Å². The molecule has 4 nitrogen and oxygen atoms in total. The average molecular weight is 339 g/mol. The Bertz CT molecular complexity index is 842. The first-order valence-electron chi connectivity index (χ1n) is 7.27. The second-order valence-electron chi connectivity index (χ2n) is 4.92. The van der Waals surface area contributed by atoms with Crippen molar-refractivity contribution in [2.24, 2.45) is 0 Å². The number of carbonyl (C=O) groups excluding carboxylic acids is 1. The molecule has 2 aromatic carbocycles. The Hall–Kier alpha value is -2.73. The molecule has 0 atom stereocenters. The third kappa shape index (κ3) is 4.17. The monoisotopic (exact) mass is 339 g/mol. The van der Waals surface area contributed by atoms with Gasteiger partial charge in [-0.25, -0.2) is 14.4 Å². The molecule has 1 amide bonds. The molecule has 0 aliphatic heterocycles. The van der Waals surface area contributed by atoms with Gasteiger partial charge in [0.2, 0.25) is 5.91 Å². The lowest BCUT2D eigenvalue weighted by Gasteiger charge is -2.06. The number of halogens is 1. The normalized spacial score (nSPS) is 10.4. The SMILES string of the molecule is O=C(CSc1cc(-c2ccccc2)ncn1)Nc1ccccc1F. The highest BCUT2D eigenvalue weighted by molar-refractivity contribution is 7.99. The number of amides is 1. The van der Waals surface area contributed by atoms with Crippen molar-refractivity contribution in [1.82, 2.24) is 9.97 Å². The van der Waals surface area contributed by atoms with Crippen molar-refractivity contribution >= 4 is 23.4 Å². The van der Waals surface area contributed by atoms with Gasteiger partial charge >= 0.3 is 0 Å². The van der Waals surface area contributed by atoms with Crippen LogP contribution < -0.4 is 5.32 Å². The van der Waals surface area contributed by atoms with E-state index < -0.39 is 5.82 Å². The van der Waals surface area contributed by atoms with Crippen LogP contribution in [0.5, 0.6) is 0 Å². The summed E-state index contributed by atoms with van der Waals surface area (Å²) in [4.78, 5) is 20.4. The zero-order valence-electron chi connectivity index (χ0n) is 12.6. The summed E-state index contributed by atoms with van der Waals surface area (Å²) in [6, 6.07) is 17.6. The molecular weight excluding hydrogens is 325 g/mol. The zero-order valence-corrected chi connectivity index (χ0v) is 13.5. The summed E-state index contributed by atoms with van der Waals surface area (Å²) in [5, 5.41) is 3.24. The van der Waals surface area contributed by atoms with Crippen molar-refractivity contribution < 1.29 is 9.18 Å². The number of anilines is 1. The summed E-state index contributed by atoms with van der Waals surface area (Å²) in [6.45, 7) is 0. The Balaban J connectivity index is 1.63. The lowest BCUT2D eigenvalue weighted by molar-refractivity contribution is -0.113. The van der Waals surface area contributed by atoms with Crippen molar-refractivity contribution in [3.05, 3.63) is 72.8 Å². The molecule has 0 bridgehead atoms. The first-order chi connectivity index (χ1) is 11.7. The van der Waals surface area contributed by atoms with E-state index in [0.717, 1.165) is 11.3 Å². The molecule has 0 unspecified atom stereocenters. The molecule has 0 aliphatic carbocycles. The van der Waals surface area contributed by atoms with Crippen molar-refractivity contribution in [1.29, 1.82) is 0 Å². The fourth-order valence-corrected chi connectivity index (χ4v) is 2.74. The van der Waals surface area contributed by atoms with Gasteiger partial charge < -0.3 is 5.32 Å². The van der Waals surface area contributed by atoms with Crippen LogP contribution in [-0.2, 0) is 4.79 Å². The minimum atomic E-state index is -0.454. The minimum absolute atomic E-state index is 0.138. The summed E-state index contributed by atoms with van der Waals surface area (Å²) >= 11 is 1.28. The highest BCUT2D eigenvalue weighted by Gasteiger charge is 2.08. The predicted molar refractivity (Wildman–Crippen MR) is 93.2 cm³/mol. The van der Waals surface area contributed by atoms with Crippen LogP contribution in [0.4, 0.5) is 10.1 Å². The van der Waals surface area contributed by atoms with Crippen LogP contribution >= 0.6 is 11.8 Å². The van der Waals surface area contributed by atoms with Crippen LogP contribution in [0.25, 0.3) is 11.3 Å². The molecular formula is C18H14FN3OS. The molecule has 0 fully saturated rings. The number of hydrogen-bond donors (Lipinski definition) is 1. The number of aromatic nitrogens is 2. The fraction of sp³-hybridized carbons (Fsp3) is 0.0556. The Kier molecular flexibility index (Phi) is 5.18. The van der Waals surface area contributed by atoms with Gasteiger partial charge in [-0.2, -0.15) is 0 Å². The molecule has 24 heavy (non-hydrogen) atoms. The molecule has 0 radical (unpaired) electrons. The largest absolute Gasteiger partial charge is 0.323 e. The Morgan fingerprint density at radius 3 is 2.58 bits per heavy atom. The van der Waals surface area contributed by atoms with E-state index in [-0.39, 0.29) is 17.3 Å². The minimum Gasteiger partial charge on any atom is -0.323 e. The first-order valence-corrected chi connectivity index (χ1v) is 8.25. The maximum atomic E-state index is 13.5. The van der Waals surface area contributed by atoms with Gasteiger partial charge in [0.25, 0.3) is 0 Å². The average Bonchev–Trinajstić information content (AvgIpc) is 2.63. The molecule has 0 saturated heterocycles. The first kappa shape index (κ1) is 16.1. The summed E-state index contributed by atoms with van der Waals surface area (Å²) < 4.78 is 13.5. The highest BCUT2D eigenvalue weighted by Crippen LogP contribution is 2.22. The second-order valence-corrected chi connectivity index (χ2v) is 5.92. The molecule has 0 saturated carbocycles. The highest BCUT2D eigenvalue weighted by atomic mass is 32.2. The summed E-state index contributed by atoms with van der Waals surface area (Å²) in [5.41, 5.74) is 1.95. The van der Waals surface area contributed by atoms with Gasteiger partial charge in [-0.15, -0.1) is 0 Å². The quantitative estimate of drug-likeness (QED) is 0.564. The number of rotatable bonds is 5. The lowest BCUT2D eigenvalue weighted by Crippen LogP contribution is -2.15. The lowest BCUT2D eigenvalue weighted by atomic mass is 10.1. The van der Waals surface area contributed by atoms with Gasteiger partial charge in [-0.1, -0.05) is 54.2 Å². The van der Waals surface area contributed by atoms with Gasteiger partial charge in [-0.05, 0) is 18.2 Å². The number of para-hydroxylation sites is 1. The Morgan fingerprint density at radius 1 is 1.04 bits per heavy atom. The number of carbonyl (C=O) groups is 1. The standard InChI is InChI=1S/C18H14FN3OS/c19-14-8-4-5-9-15(14)22-17(23)11-24-18-10-16(20-12-21-18)13-6-2-1-3-7-13/h1-10,12H,11H2,(H,22,23). The van der Waals surface area contributed by atoms with Gasteiger partial charge in [0.05, 0.1) is 17.1 Å². The van der Waals surface area contributed by atoms with Crippen molar-refractivity contribution in [2.75, 3.05) is 11.1 Å². The van der Waals surface area contributed by atoms with Crippen molar-refractivity contribution in [3.63, 3.8) is 0 Å². The van der Waals surface area contributed by atoms with E-state index in [1.54, 1.807) is 12.1 Å². The van der Waals surface area contributed by atoms with Crippen LogP contribution in [-0.4, -0.2) is 21.6 Å². The van der Waals surface area contributed by atoms with E-state index in [2.05, 4.69) is 15.3 Å². The van der Waals surface area contributed by atoms with Crippen LogP contribution in [0.3, 0.4) is 0 Å². The van der Waals surface area contributed by atoms with E-state index in [0.29, 0.717) is 5.03 Å². The summed E-state index contributed by atoms with van der Waals surface area (Å²) in [7, 11) is 0. The zero-order chi connectivity index (χ0) is 16.8. The number of nitrogens with one attached hydrogen (secondary N) is 1. The molecule has 6 heteroatoms. The number of nitrogens with zero attached hydrogens (tertiary/aromatic N) is 2. The predicted octanol–water partition coefficient (Wildman–Crippen LogP) is 4.01. The number of thioether (sulfide) groups is 1. The molecule has 3 rings (SSSR count). The Labute approximate surface area is 143 Å². The fourth-order valence-electron chi connectivity index (χ4n) is 2.07. The van der Waals surface area contributed by atoms with Gasteiger partial charge in [-0.3, -0.25) is 4.79 Å². The molecule has 3 aromatic rings. The summed E-state index contributed by atoms with van der Waals surface area (Å²) in [5.74, 6) is -0.603. The third-order valence-electron chi connectivity index (χ3n) is 3.21. The van der Waals surface area contributed by atoms with Crippen molar-refractivity contribution in [3.8, 4) is 11.3 Å². The molecule has 0 spiro atoms. The van der Waals surface area contributed by atoms with Crippen molar-refractivity contribution in [2.45, 2.75) is 5.03 Å². The molecule has 120 valence electrons. The molecule has 1 aromatic heterocycles. The topological polar surface area (TPSA) is 54.9 Å². The van der Waals surface area contributed by atoms with E-state index in [1.165, 1.54) is 30.2 Å². The van der Waals surface area contributed by atoms with E-state index in [9.17, 15) is 9.18 Å². The maximum absolute atomic E-state index is 13.5. The van der Waals surface area contributed by atoms with Crippen LogP contribution in [0.1, 0.15) is 0 Å². The van der Waals surface area contributed by atoms with Crippen LogP contribution in [0.15, 0.2) is 72.0 Å². The van der Waals surface area contributed by atoms with E-state index >= 15 is 0 Å². The molecule has 1 N–H and O–H groups in total. The molecule has 1 heterocycles. The second kappa shape index (κ2) is 7.70. The smallest absolute Gasteiger partial charge is 0.234 e. The van der Waals surface area contributed by atoms with E-state index in [1.807, 2.05) is 36.4 Å².